The lowest BCUT2D eigenvalue weighted by molar-refractivity contribution is -0.524. The molecule has 0 aromatic heterocycles. The topological polar surface area (TPSA) is 127 Å². The highest BCUT2D eigenvalue weighted by Gasteiger charge is 2.88. The number of ketones is 1. The first kappa shape index (κ1) is 31.9. The van der Waals surface area contributed by atoms with Gasteiger partial charge < -0.3 is 29.5 Å². The second-order valence-corrected chi connectivity index (χ2v) is 15.0. The van der Waals surface area contributed by atoms with Crippen LogP contribution in [0.3, 0.4) is 0 Å². The van der Waals surface area contributed by atoms with Gasteiger partial charge in [-0.3, -0.25) is 4.79 Å². The summed E-state index contributed by atoms with van der Waals surface area (Å²) in [5, 5.41) is 35.8. The van der Waals surface area contributed by atoms with E-state index in [1.54, 1.807) is 0 Å². The van der Waals surface area contributed by atoms with Crippen molar-refractivity contribution < 1.29 is 44.1 Å². The number of aliphatic hydroxyl groups is 3. The minimum Gasteiger partial charge on any atom is -0.393 e. The molecular weight excluding hydrogens is 576 g/mol. The third kappa shape index (κ3) is 4.38. The molecule has 1 aromatic rings. The molecule has 3 aliphatic carbocycles. The van der Waals surface area contributed by atoms with E-state index >= 15 is 0 Å². The summed E-state index contributed by atoms with van der Waals surface area (Å²) >= 11 is 0. The summed E-state index contributed by atoms with van der Waals surface area (Å²) in [6, 6.07) is 9.95. The first-order chi connectivity index (χ1) is 21.6. The van der Waals surface area contributed by atoms with Gasteiger partial charge in [-0.05, 0) is 42.7 Å². The van der Waals surface area contributed by atoms with Crippen molar-refractivity contribution in [1.82, 2.24) is 0 Å². The predicted octanol–water partition coefficient (Wildman–Crippen LogP) is 3.92. The molecule has 9 heteroatoms. The molecule has 1 unspecified atom stereocenters. The Morgan fingerprint density at radius 2 is 1.80 bits per heavy atom. The number of benzene rings is 1. The highest BCUT2D eigenvalue weighted by molar-refractivity contribution is 5.93. The fourth-order valence-electron chi connectivity index (χ4n) is 10.4. The minimum absolute atomic E-state index is 0.0529. The lowest BCUT2D eigenvalue weighted by atomic mass is 9.51. The van der Waals surface area contributed by atoms with Crippen LogP contribution in [0.5, 0.6) is 0 Å². The van der Waals surface area contributed by atoms with E-state index in [9.17, 15) is 20.1 Å². The molecule has 248 valence electrons. The normalized spacial score (nSPS) is 49.1. The number of ether oxygens (including phenoxy) is 3. The summed E-state index contributed by atoms with van der Waals surface area (Å²) in [6.45, 7) is 10.9. The van der Waals surface area contributed by atoms with Crippen molar-refractivity contribution in [2.45, 2.75) is 113 Å². The second kappa shape index (κ2) is 11.5. The quantitative estimate of drug-likeness (QED) is 0.245. The van der Waals surface area contributed by atoms with Crippen LogP contribution in [-0.4, -0.2) is 81.6 Å². The van der Waals surface area contributed by atoms with E-state index in [4.69, 9.17) is 24.0 Å². The van der Waals surface area contributed by atoms with Gasteiger partial charge in [-0.1, -0.05) is 82.9 Å². The van der Waals surface area contributed by atoms with Gasteiger partial charge in [0.1, 0.15) is 29.5 Å². The fraction of sp³-hybridized carbons (Fsp3) is 0.750. The molecule has 5 bridgehead atoms. The SMILES string of the molecule is C=C(C)C12C[C@@H](COCc3ccccc3)[C@@]3(OO1)[C@@H]1[C@H]2OCCCCCCC[C@@H](C)[C@H]2[C@H](C)C(=O)[C@@](O)([C@H](O)[C@@]4(CO)O[C@@H]14)[C@@H]23. The average molecular weight is 627 g/mol. The zero-order valence-electron chi connectivity index (χ0n) is 26.9. The van der Waals surface area contributed by atoms with Crippen LogP contribution in [0.15, 0.2) is 42.5 Å². The van der Waals surface area contributed by atoms with Crippen molar-refractivity contribution in [3.05, 3.63) is 48.0 Å². The number of rotatable bonds is 6. The van der Waals surface area contributed by atoms with Crippen molar-refractivity contribution >= 4 is 5.78 Å². The first-order valence-corrected chi connectivity index (χ1v) is 17.1. The maximum absolute atomic E-state index is 14.4. The molecule has 7 fully saturated rings. The van der Waals surface area contributed by atoms with E-state index in [0.717, 1.165) is 49.7 Å². The van der Waals surface area contributed by atoms with Crippen molar-refractivity contribution in [2.75, 3.05) is 19.8 Å². The molecule has 7 aliphatic rings. The van der Waals surface area contributed by atoms with E-state index < -0.39 is 70.9 Å². The maximum Gasteiger partial charge on any atom is 0.170 e. The molecule has 3 N–H and O–H groups in total. The van der Waals surface area contributed by atoms with Crippen molar-refractivity contribution in [1.29, 1.82) is 0 Å². The summed E-state index contributed by atoms with van der Waals surface area (Å²) in [7, 11) is 0. The molecule has 1 aromatic carbocycles. The van der Waals surface area contributed by atoms with E-state index in [0.29, 0.717) is 19.6 Å². The number of fused-ring (bicyclic) bond motifs is 3. The lowest BCUT2D eigenvalue weighted by Crippen LogP contribution is -2.78. The standard InChI is InChI=1S/C36H50O9/c1-21(2)33-17-25(19-41-18-24-14-10-8-11-15-24)36(45-44-33)27-30(33)42-16-12-7-5-6-9-13-22(3)26-23(4)29(38)35(40,28(26)36)32(39)34(20-37)31(27)43-34/h8,10-11,14-15,22-23,25-28,30-32,37,39-40H,1,5-7,9,12-13,16-20H2,2-4H3/t22-,23+,25+,26+,27-,28-,30-,31+,32-,33?,34+,35-,36-/m1/s1. The molecule has 45 heavy (non-hydrogen) atoms. The van der Waals surface area contributed by atoms with Crippen LogP contribution < -0.4 is 0 Å². The molecule has 4 heterocycles. The Hall–Kier alpha value is -1.69. The van der Waals surface area contributed by atoms with Crippen LogP contribution in [0.25, 0.3) is 0 Å². The van der Waals surface area contributed by atoms with E-state index in [-0.39, 0.29) is 24.4 Å². The molecule has 9 nitrogen and oxygen atoms in total. The van der Waals surface area contributed by atoms with Crippen molar-refractivity contribution in [2.24, 2.45) is 35.5 Å². The average Bonchev–Trinajstić information content (AvgIpc) is 3.74. The summed E-state index contributed by atoms with van der Waals surface area (Å²) in [5.74, 6) is -3.01. The van der Waals surface area contributed by atoms with Gasteiger partial charge in [0.25, 0.3) is 0 Å². The van der Waals surface area contributed by atoms with Gasteiger partial charge in [0.05, 0.1) is 25.7 Å². The Morgan fingerprint density at radius 3 is 2.53 bits per heavy atom. The number of carbonyl (C=O) groups is 1. The van der Waals surface area contributed by atoms with Crippen molar-refractivity contribution in [3.63, 3.8) is 0 Å². The van der Waals surface area contributed by atoms with Crippen LogP contribution in [0.2, 0.25) is 0 Å². The highest BCUT2D eigenvalue weighted by atomic mass is 17.2. The van der Waals surface area contributed by atoms with Gasteiger partial charge in [-0.25, -0.2) is 9.78 Å². The fourth-order valence-corrected chi connectivity index (χ4v) is 10.4. The Bertz CT molecular complexity index is 1290. The molecule has 1 spiro atoms. The number of hydrogen-bond acceptors (Lipinski definition) is 9. The minimum atomic E-state index is -2.23. The van der Waals surface area contributed by atoms with Crippen LogP contribution >= 0.6 is 0 Å². The molecule has 0 amide bonds. The molecule has 4 aliphatic heterocycles. The maximum atomic E-state index is 14.4. The van der Waals surface area contributed by atoms with Gasteiger partial charge in [-0.15, -0.1) is 0 Å². The molecule has 8 rings (SSSR count). The van der Waals surface area contributed by atoms with Gasteiger partial charge in [0.2, 0.25) is 0 Å². The molecule has 13 atom stereocenters. The first-order valence-electron chi connectivity index (χ1n) is 17.1. The van der Waals surface area contributed by atoms with Gasteiger partial charge in [0, 0.05) is 24.4 Å². The summed E-state index contributed by atoms with van der Waals surface area (Å²) in [6.07, 6.45) is 3.49. The van der Waals surface area contributed by atoms with Gasteiger partial charge >= 0.3 is 0 Å². The molecule has 3 saturated carbocycles. The number of aliphatic hydroxyl groups excluding tert-OH is 2. The number of carbonyl (C=O) groups excluding carboxylic acids is 1. The molecular formula is C36H50O9. The van der Waals surface area contributed by atoms with Gasteiger partial charge in [-0.2, -0.15) is 0 Å². The second-order valence-electron chi connectivity index (χ2n) is 15.0. The van der Waals surface area contributed by atoms with Crippen molar-refractivity contribution in [3.8, 4) is 0 Å². The Kier molecular flexibility index (Phi) is 8.13. The highest BCUT2D eigenvalue weighted by Crippen LogP contribution is 2.72. The van der Waals surface area contributed by atoms with Crippen LogP contribution in [0.1, 0.15) is 71.3 Å². The van der Waals surface area contributed by atoms with Crippen LogP contribution in [0, 0.1) is 35.5 Å². The monoisotopic (exact) mass is 626 g/mol. The smallest absolute Gasteiger partial charge is 0.170 e. The van der Waals surface area contributed by atoms with E-state index in [1.165, 1.54) is 0 Å². The Morgan fingerprint density at radius 1 is 1.07 bits per heavy atom. The zero-order valence-corrected chi connectivity index (χ0v) is 26.9. The summed E-state index contributed by atoms with van der Waals surface area (Å²) in [4.78, 5) is 27.6. The Balaban J connectivity index is 1.42. The van der Waals surface area contributed by atoms with Crippen LogP contribution in [0.4, 0.5) is 0 Å². The number of Topliss-reactive ketones (excluding diaryl/α,β-unsaturated/α-hetero) is 1. The predicted molar refractivity (Wildman–Crippen MR) is 164 cm³/mol. The molecule has 0 radical (unpaired) electrons. The van der Waals surface area contributed by atoms with E-state index in [1.807, 2.05) is 44.2 Å². The zero-order chi connectivity index (χ0) is 31.8. The van der Waals surface area contributed by atoms with E-state index in [2.05, 4.69) is 13.5 Å². The summed E-state index contributed by atoms with van der Waals surface area (Å²) < 4.78 is 19.6. The van der Waals surface area contributed by atoms with Gasteiger partial charge in [0.15, 0.2) is 17.0 Å². The third-order valence-corrected chi connectivity index (χ3v) is 12.7. The van der Waals surface area contributed by atoms with Crippen LogP contribution in [-0.2, 0) is 35.4 Å². The summed E-state index contributed by atoms with van der Waals surface area (Å²) in [5.41, 5.74) is -4.34. The lowest BCUT2D eigenvalue weighted by Gasteiger charge is -2.66. The Labute approximate surface area is 266 Å². The third-order valence-electron chi connectivity index (χ3n) is 12.7. The number of epoxide rings is 1. The molecule has 4 saturated heterocycles. The number of hydrogen-bond donors (Lipinski definition) is 3. The largest absolute Gasteiger partial charge is 0.393 e.